The van der Waals surface area contributed by atoms with Crippen LogP contribution in [-0.2, 0) is 0 Å². The van der Waals surface area contributed by atoms with E-state index in [1.165, 1.54) is 6.07 Å². The van der Waals surface area contributed by atoms with Crippen LogP contribution in [0, 0.1) is 18.2 Å². The van der Waals surface area contributed by atoms with E-state index in [1.807, 2.05) is 0 Å². The number of hydrogen-bond acceptors (Lipinski definition) is 2. The number of nitrogens with two attached hydrogens (primary N) is 1. The Bertz CT molecular complexity index is 413. The van der Waals surface area contributed by atoms with Crippen LogP contribution in [0.1, 0.15) is 5.56 Å². The smallest absolute Gasteiger partial charge is 0.199 e. The van der Waals surface area contributed by atoms with Crippen LogP contribution in [-0.4, -0.2) is 18.1 Å². The lowest BCUT2D eigenvalue weighted by atomic mass is 10.2. The number of thiocarbonyl (C=S) groups is 1. The van der Waals surface area contributed by atoms with Gasteiger partial charge in [0.2, 0.25) is 0 Å². The molecule has 0 fully saturated rings. The SMILES string of the molecule is CNC(=S)N(C(=N)N)c1c(C)cccc1F. The topological polar surface area (TPSA) is 65.1 Å². The summed E-state index contributed by atoms with van der Waals surface area (Å²) in [6.45, 7) is 1.73. The molecule has 0 saturated heterocycles. The minimum Gasteiger partial charge on any atom is -0.369 e. The minimum absolute atomic E-state index is 0.181. The van der Waals surface area contributed by atoms with Gasteiger partial charge in [-0.1, -0.05) is 12.1 Å². The summed E-state index contributed by atoms with van der Waals surface area (Å²) in [6, 6.07) is 4.62. The molecule has 0 radical (unpaired) electrons. The third kappa shape index (κ3) is 2.27. The largest absolute Gasteiger partial charge is 0.369 e. The average molecular weight is 240 g/mol. The summed E-state index contributed by atoms with van der Waals surface area (Å²) in [6.07, 6.45) is 0. The van der Waals surface area contributed by atoms with Gasteiger partial charge in [-0.15, -0.1) is 0 Å². The molecule has 0 aliphatic carbocycles. The first-order chi connectivity index (χ1) is 7.49. The molecule has 4 nitrogen and oxygen atoms in total. The Hall–Kier alpha value is -1.69. The zero-order valence-corrected chi connectivity index (χ0v) is 9.86. The van der Waals surface area contributed by atoms with Crippen molar-refractivity contribution in [3.63, 3.8) is 0 Å². The van der Waals surface area contributed by atoms with Crippen LogP contribution in [0.3, 0.4) is 0 Å². The number of aryl methyl sites for hydroxylation is 1. The van der Waals surface area contributed by atoms with E-state index >= 15 is 0 Å². The fourth-order valence-corrected chi connectivity index (χ4v) is 1.54. The number of guanidine groups is 1. The van der Waals surface area contributed by atoms with Gasteiger partial charge in [0.25, 0.3) is 0 Å². The molecule has 1 rings (SSSR count). The summed E-state index contributed by atoms with van der Waals surface area (Å²) in [7, 11) is 1.59. The van der Waals surface area contributed by atoms with Gasteiger partial charge in [0.05, 0.1) is 5.69 Å². The molecule has 0 heterocycles. The zero-order chi connectivity index (χ0) is 12.3. The van der Waals surface area contributed by atoms with E-state index in [-0.39, 0.29) is 16.8 Å². The van der Waals surface area contributed by atoms with E-state index < -0.39 is 5.82 Å². The summed E-state index contributed by atoms with van der Waals surface area (Å²) in [5, 5.41) is 10.3. The first kappa shape index (κ1) is 12.4. The molecule has 0 atom stereocenters. The second kappa shape index (κ2) is 4.89. The van der Waals surface area contributed by atoms with Crippen molar-refractivity contribution in [3.8, 4) is 0 Å². The van der Waals surface area contributed by atoms with Crippen LogP contribution in [0.4, 0.5) is 10.1 Å². The number of nitrogens with one attached hydrogen (secondary N) is 2. The number of nitrogens with zero attached hydrogens (tertiary/aromatic N) is 1. The summed E-state index contributed by atoms with van der Waals surface area (Å²) < 4.78 is 13.7. The number of anilines is 1. The number of halogens is 1. The van der Waals surface area contributed by atoms with Gasteiger partial charge in [-0.3, -0.25) is 10.3 Å². The van der Waals surface area contributed by atoms with Crippen LogP contribution in [0.2, 0.25) is 0 Å². The summed E-state index contributed by atoms with van der Waals surface area (Å²) in [4.78, 5) is 1.15. The Labute approximate surface area is 98.8 Å². The normalized spacial score (nSPS) is 9.69. The molecule has 0 aromatic heterocycles. The van der Waals surface area contributed by atoms with Crippen LogP contribution in [0.5, 0.6) is 0 Å². The van der Waals surface area contributed by atoms with Crippen molar-refractivity contribution in [2.24, 2.45) is 5.73 Å². The highest BCUT2D eigenvalue weighted by molar-refractivity contribution is 7.80. The van der Waals surface area contributed by atoms with Crippen LogP contribution < -0.4 is 16.0 Å². The van der Waals surface area contributed by atoms with Gasteiger partial charge < -0.3 is 11.1 Å². The standard InChI is InChI=1S/C10H13FN4S/c1-6-4-3-5-7(11)8(6)15(9(12)13)10(16)14-2/h3-5H,1-2H3,(H3,12,13)(H,14,16). The molecule has 16 heavy (non-hydrogen) atoms. The summed E-state index contributed by atoms with van der Waals surface area (Å²) in [5.74, 6) is -0.791. The molecule has 1 aromatic carbocycles. The molecule has 86 valence electrons. The third-order valence-corrected chi connectivity index (χ3v) is 2.46. The Morgan fingerprint density at radius 3 is 2.62 bits per heavy atom. The van der Waals surface area contributed by atoms with Crippen molar-refractivity contribution in [1.82, 2.24) is 5.32 Å². The van der Waals surface area contributed by atoms with Gasteiger partial charge in [0.15, 0.2) is 11.1 Å². The van der Waals surface area contributed by atoms with Gasteiger partial charge in [0, 0.05) is 7.05 Å². The van der Waals surface area contributed by atoms with Crippen molar-refractivity contribution < 1.29 is 4.39 Å². The first-order valence-corrected chi connectivity index (χ1v) is 5.00. The second-order valence-electron chi connectivity index (χ2n) is 3.18. The van der Waals surface area contributed by atoms with E-state index in [9.17, 15) is 4.39 Å². The summed E-state index contributed by atoms with van der Waals surface area (Å²) >= 11 is 4.98. The fourth-order valence-electron chi connectivity index (χ4n) is 1.35. The van der Waals surface area contributed by atoms with E-state index in [2.05, 4.69) is 5.32 Å². The van der Waals surface area contributed by atoms with Gasteiger partial charge in [-0.25, -0.2) is 4.39 Å². The lowest BCUT2D eigenvalue weighted by molar-refractivity contribution is 0.628. The second-order valence-corrected chi connectivity index (χ2v) is 3.57. The molecule has 4 N–H and O–H groups in total. The molecule has 0 bridgehead atoms. The highest BCUT2D eigenvalue weighted by Crippen LogP contribution is 2.23. The number of rotatable bonds is 1. The third-order valence-electron chi connectivity index (χ3n) is 2.07. The monoisotopic (exact) mass is 240 g/mol. The first-order valence-electron chi connectivity index (χ1n) is 4.60. The number of para-hydroxylation sites is 1. The molecular weight excluding hydrogens is 227 g/mol. The molecular formula is C10H13FN4S. The summed E-state index contributed by atoms with van der Waals surface area (Å²) in [5.41, 5.74) is 6.26. The molecule has 1 aromatic rings. The predicted molar refractivity (Wildman–Crippen MR) is 67.2 cm³/mol. The Balaban J connectivity index is 3.32. The minimum atomic E-state index is -0.465. The molecule has 6 heteroatoms. The van der Waals surface area contributed by atoms with Gasteiger partial charge >= 0.3 is 0 Å². The quantitative estimate of drug-likeness (QED) is 0.394. The highest BCUT2D eigenvalue weighted by atomic mass is 32.1. The van der Waals surface area contributed by atoms with Crippen molar-refractivity contribution in [3.05, 3.63) is 29.6 Å². The van der Waals surface area contributed by atoms with E-state index in [1.54, 1.807) is 26.1 Å². The van der Waals surface area contributed by atoms with Gasteiger partial charge in [-0.05, 0) is 30.8 Å². The number of hydrogen-bond donors (Lipinski definition) is 3. The Morgan fingerprint density at radius 1 is 1.56 bits per heavy atom. The Kier molecular flexibility index (Phi) is 3.78. The molecule has 0 unspecified atom stereocenters. The van der Waals surface area contributed by atoms with Crippen LogP contribution >= 0.6 is 12.2 Å². The van der Waals surface area contributed by atoms with Crippen molar-refractivity contribution in [1.29, 1.82) is 5.41 Å². The fraction of sp³-hybridized carbons (Fsp3) is 0.200. The molecule has 0 aliphatic heterocycles. The lowest BCUT2D eigenvalue weighted by Crippen LogP contribution is -2.46. The number of benzene rings is 1. The van der Waals surface area contributed by atoms with Crippen molar-refractivity contribution >= 4 is 29.0 Å². The zero-order valence-electron chi connectivity index (χ0n) is 9.04. The van der Waals surface area contributed by atoms with E-state index in [0.29, 0.717) is 5.56 Å². The highest BCUT2D eigenvalue weighted by Gasteiger charge is 2.19. The molecule has 0 spiro atoms. The lowest BCUT2D eigenvalue weighted by Gasteiger charge is -2.24. The predicted octanol–water partition coefficient (Wildman–Crippen LogP) is 1.34. The molecule has 0 aliphatic rings. The van der Waals surface area contributed by atoms with Gasteiger partial charge in [-0.2, -0.15) is 0 Å². The van der Waals surface area contributed by atoms with Crippen molar-refractivity contribution in [2.45, 2.75) is 6.92 Å². The van der Waals surface area contributed by atoms with Gasteiger partial charge in [0.1, 0.15) is 5.82 Å². The van der Waals surface area contributed by atoms with Crippen LogP contribution in [0.25, 0.3) is 0 Å². The molecule has 0 amide bonds. The molecule has 0 saturated carbocycles. The van der Waals surface area contributed by atoms with Crippen molar-refractivity contribution in [2.75, 3.05) is 11.9 Å². The maximum absolute atomic E-state index is 13.7. The average Bonchev–Trinajstić information content (AvgIpc) is 2.22. The maximum Gasteiger partial charge on any atom is 0.199 e. The maximum atomic E-state index is 13.7. The van der Waals surface area contributed by atoms with E-state index in [4.69, 9.17) is 23.4 Å². The van der Waals surface area contributed by atoms with Crippen LogP contribution in [0.15, 0.2) is 18.2 Å². The van der Waals surface area contributed by atoms with E-state index in [0.717, 1.165) is 4.90 Å². The Morgan fingerprint density at radius 2 is 2.19 bits per heavy atom.